The first kappa shape index (κ1) is 9.19. The van der Waals surface area contributed by atoms with Crippen LogP contribution in [0, 0.1) is 0 Å². The lowest BCUT2D eigenvalue weighted by Crippen LogP contribution is -2.23. The minimum Gasteiger partial charge on any atom is -0.327 e. The predicted molar refractivity (Wildman–Crippen MR) is 47.7 cm³/mol. The first-order valence-electron chi connectivity index (χ1n) is 4.40. The zero-order valence-corrected chi connectivity index (χ0v) is 7.70. The van der Waals surface area contributed by atoms with Gasteiger partial charge in [-0.1, -0.05) is 6.92 Å². The fourth-order valence-electron chi connectivity index (χ4n) is 1.08. The van der Waals surface area contributed by atoms with Gasteiger partial charge >= 0.3 is 0 Å². The first-order valence-corrected chi connectivity index (χ1v) is 4.40. The summed E-state index contributed by atoms with van der Waals surface area (Å²) in [6, 6.07) is 0.208. The maximum absolute atomic E-state index is 5.81. The van der Waals surface area contributed by atoms with Gasteiger partial charge in [-0.2, -0.15) is 0 Å². The summed E-state index contributed by atoms with van der Waals surface area (Å²) >= 11 is 0. The highest BCUT2D eigenvalue weighted by Gasteiger charge is 2.06. The van der Waals surface area contributed by atoms with Crippen LogP contribution in [-0.2, 0) is 13.0 Å². The SMILES string of the molecule is CCC(N)Cc1nncn1CC. The van der Waals surface area contributed by atoms with Crippen molar-refractivity contribution in [3.05, 3.63) is 12.2 Å². The summed E-state index contributed by atoms with van der Waals surface area (Å²) in [6.07, 6.45) is 3.55. The van der Waals surface area contributed by atoms with Gasteiger partial charge < -0.3 is 10.3 Å². The summed E-state index contributed by atoms with van der Waals surface area (Å²) in [5.74, 6) is 0.992. The van der Waals surface area contributed by atoms with Crippen LogP contribution < -0.4 is 5.73 Å². The monoisotopic (exact) mass is 168 g/mol. The van der Waals surface area contributed by atoms with Gasteiger partial charge in [-0.25, -0.2) is 0 Å². The van der Waals surface area contributed by atoms with E-state index in [1.165, 1.54) is 0 Å². The topological polar surface area (TPSA) is 56.7 Å². The number of hydrogen-bond acceptors (Lipinski definition) is 3. The van der Waals surface area contributed by atoms with Crippen LogP contribution in [0.2, 0.25) is 0 Å². The van der Waals surface area contributed by atoms with Crippen molar-refractivity contribution < 1.29 is 0 Å². The Labute approximate surface area is 72.8 Å². The van der Waals surface area contributed by atoms with Crippen molar-refractivity contribution in [2.75, 3.05) is 0 Å². The van der Waals surface area contributed by atoms with E-state index >= 15 is 0 Å². The summed E-state index contributed by atoms with van der Waals surface area (Å²) < 4.78 is 2.02. The van der Waals surface area contributed by atoms with E-state index in [4.69, 9.17) is 5.73 Å². The Bertz CT molecular complexity index is 231. The molecule has 0 aromatic carbocycles. The Kier molecular flexibility index (Phi) is 3.22. The molecule has 68 valence electrons. The van der Waals surface area contributed by atoms with E-state index in [0.717, 1.165) is 25.2 Å². The van der Waals surface area contributed by atoms with Crippen molar-refractivity contribution in [3.8, 4) is 0 Å². The highest BCUT2D eigenvalue weighted by molar-refractivity contribution is 4.88. The fraction of sp³-hybridized carbons (Fsp3) is 0.750. The molecule has 1 rings (SSSR count). The van der Waals surface area contributed by atoms with Gasteiger partial charge in [0.15, 0.2) is 0 Å². The molecule has 0 amide bonds. The zero-order chi connectivity index (χ0) is 8.97. The van der Waals surface area contributed by atoms with Gasteiger partial charge in [0, 0.05) is 19.0 Å². The van der Waals surface area contributed by atoms with Gasteiger partial charge in [0.25, 0.3) is 0 Å². The summed E-state index contributed by atoms with van der Waals surface area (Å²) in [5, 5.41) is 7.85. The average Bonchev–Trinajstić information content (AvgIpc) is 2.51. The lowest BCUT2D eigenvalue weighted by molar-refractivity contribution is 0.591. The molecule has 2 N–H and O–H groups in total. The van der Waals surface area contributed by atoms with Crippen LogP contribution in [0.5, 0.6) is 0 Å². The van der Waals surface area contributed by atoms with Crippen molar-refractivity contribution in [1.82, 2.24) is 14.8 Å². The second kappa shape index (κ2) is 4.21. The van der Waals surface area contributed by atoms with Gasteiger partial charge in [-0.15, -0.1) is 10.2 Å². The Morgan fingerprint density at radius 2 is 2.33 bits per heavy atom. The Morgan fingerprint density at radius 3 is 2.92 bits per heavy atom. The summed E-state index contributed by atoms with van der Waals surface area (Å²) in [5.41, 5.74) is 5.81. The standard InChI is InChI=1S/C8H16N4/c1-3-7(9)5-8-11-10-6-12(8)4-2/h6-7H,3-5,9H2,1-2H3. The molecule has 0 aliphatic heterocycles. The van der Waals surface area contributed by atoms with Crippen LogP contribution in [0.1, 0.15) is 26.1 Å². The van der Waals surface area contributed by atoms with E-state index in [1.807, 2.05) is 4.57 Å². The molecule has 0 spiro atoms. The molecule has 4 nitrogen and oxygen atoms in total. The molecule has 0 aliphatic carbocycles. The van der Waals surface area contributed by atoms with E-state index in [9.17, 15) is 0 Å². The molecule has 0 saturated carbocycles. The number of nitrogens with two attached hydrogens (primary N) is 1. The third-order valence-corrected chi connectivity index (χ3v) is 2.01. The van der Waals surface area contributed by atoms with E-state index < -0.39 is 0 Å². The number of aryl methyl sites for hydroxylation is 1. The zero-order valence-electron chi connectivity index (χ0n) is 7.70. The smallest absolute Gasteiger partial charge is 0.134 e. The van der Waals surface area contributed by atoms with E-state index in [-0.39, 0.29) is 6.04 Å². The van der Waals surface area contributed by atoms with Crippen molar-refractivity contribution in [2.24, 2.45) is 5.73 Å². The minimum atomic E-state index is 0.208. The molecule has 1 aromatic rings. The first-order chi connectivity index (χ1) is 5.77. The summed E-state index contributed by atoms with van der Waals surface area (Å²) in [6.45, 7) is 5.07. The molecule has 4 heteroatoms. The molecule has 0 aliphatic rings. The highest BCUT2D eigenvalue weighted by Crippen LogP contribution is 2.00. The van der Waals surface area contributed by atoms with E-state index in [2.05, 4.69) is 24.0 Å². The number of rotatable bonds is 4. The summed E-state index contributed by atoms with van der Waals surface area (Å²) in [4.78, 5) is 0. The van der Waals surface area contributed by atoms with Crippen LogP contribution in [0.3, 0.4) is 0 Å². The van der Waals surface area contributed by atoms with Crippen molar-refractivity contribution in [3.63, 3.8) is 0 Å². The fourth-order valence-corrected chi connectivity index (χ4v) is 1.08. The second-order valence-electron chi connectivity index (χ2n) is 2.91. The molecule has 12 heavy (non-hydrogen) atoms. The Morgan fingerprint density at radius 1 is 1.58 bits per heavy atom. The Hall–Kier alpha value is -0.900. The number of aromatic nitrogens is 3. The average molecular weight is 168 g/mol. The summed E-state index contributed by atoms with van der Waals surface area (Å²) in [7, 11) is 0. The van der Waals surface area contributed by atoms with Crippen molar-refractivity contribution in [2.45, 2.75) is 39.3 Å². The van der Waals surface area contributed by atoms with Crippen LogP contribution >= 0.6 is 0 Å². The van der Waals surface area contributed by atoms with Crippen LogP contribution in [0.15, 0.2) is 6.33 Å². The largest absolute Gasteiger partial charge is 0.327 e. The minimum absolute atomic E-state index is 0.208. The maximum atomic E-state index is 5.81. The van der Waals surface area contributed by atoms with Crippen molar-refractivity contribution in [1.29, 1.82) is 0 Å². The quantitative estimate of drug-likeness (QED) is 0.715. The van der Waals surface area contributed by atoms with Gasteiger partial charge in [0.05, 0.1) is 0 Å². The lowest BCUT2D eigenvalue weighted by atomic mass is 10.1. The molecule has 1 unspecified atom stereocenters. The third kappa shape index (κ3) is 2.04. The molecular formula is C8H16N4. The van der Waals surface area contributed by atoms with Gasteiger partial charge in [0.2, 0.25) is 0 Å². The van der Waals surface area contributed by atoms with Crippen LogP contribution in [0.25, 0.3) is 0 Å². The molecular weight excluding hydrogens is 152 g/mol. The lowest BCUT2D eigenvalue weighted by Gasteiger charge is -2.07. The van der Waals surface area contributed by atoms with E-state index in [1.54, 1.807) is 6.33 Å². The number of hydrogen-bond donors (Lipinski definition) is 1. The maximum Gasteiger partial charge on any atom is 0.134 e. The predicted octanol–water partition coefficient (Wildman–Crippen LogP) is 0.578. The Balaban J connectivity index is 2.61. The molecule has 0 fully saturated rings. The second-order valence-corrected chi connectivity index (χ2v) is 2.91. The molecule has 1 heterocycles. The molecule has 1 atom stereocenters. The third-order valence-electron chi connectivity index (χ3n) is 2.01. The molecule has 0 saturated heterocycles. The molecule has 0 bridgehead atoms. The molecule has 1 aromatic heterocycles. The number of nitrogens with zero attached hydrogens (tertiary/aromatic N) is 3. The van der Waals surface area contributed by atoms with Crippen LogP contribution in [-0.4, -0.2) is 20.8 Å². The van der Waals surface area contributed by atoms with Gasteiger partial charge in [-0.3, -0.25) is 0 Å². The van der Waals surface area contributed by atoms with Gasteiger partial charge in [-0.05, 0) is 13.3 Å². The molecule has 0 radical (unpaired) electrons. The van der Waals surface area contributed by atoms with Gasteiger partial charge in [0.1, 0.15) is 12.2 Å². The highest BCUT2D eigenvalue weighted by atomic mass is 15.3. The van der Waals surface area contributed by atoms with E-state index in [0.29, 0.717) is 0 Å². The van der Waals surface area contributed by atoms with Crippen molar-refractivity contribution >= 4 is 0 Å². The normalized spacial score (nSPS) is 13.2. The van der Waals surface area contributed by atoms with Crippen LogP contribution in [0.4, 0.5) is 0 Å².